The standard InChI is InChI=1S/C17H27N3O3/c1-5-19(10-16(21)22)14-8-13(9-14)18-17(23)15-7-11(3)20(6-2)12(15)4/h7,13-14H,5-6,8-10H2,1-4H3,(H,18,23)(H,21,22). The van der Waals surface area contributed by atoms with E-state index < -0.39 is 5.97 Å². The first-order valence-corrected chi connectivity index (χ1v) is 8.30. The smallest absolute Gasteiger partial charge is 0.317 e. The van der Waals surface area contributed by atoms with Gasteiger partial charge in [0.1, 0.15) is 0 Å². The van der Waals surface area contributed by atoms with Crippen molar-refractivity contribution in [3.8, 4) is 0 Å². The topological polar surface area (TPSA) is 74.6 Å². The van der Waals surface area contributed by atoms with Crippen LogP contribution in [0.3, 0.4) is 0 Å². The quantitative estimate of drug-likeness (QED) is 0.803. The molecule has 1 heterocycles. The third kappa shape index (κ3) is 3.75. The van der Waals surface area contributed by atoms with Crippen molar-refractivity contribution >= 4 is 11.9 Å². The lowest BCUT2D eigenvalue weighted by Crippen LogP contribution is -2.54. The molecule has 1 aliphatic rings. The number of likely N-dealkylation sites (N-methyl/N-ethyl adjacent to an activating group) is 1. The van der Waals surface area contributed by atoms with Crippen LogP contribution >= 0.6 is 0 Å². The molecule has 6 heteroatoms. The Labute approximate surface area is 137 Å². The van der Waals surface area contributed by atoms with E-state index in [2.05, 4.69) is 16.8 Å². The van der Waals surface area contributed by atoms with Crippen molar-refractivity contribution in [3.63, 3.8) is 0 Å². The van der Waals surface area contributed by atoms with Gasteiger partial charge in [-0.2, -0.15) is 0 Å². The Morgan fingerprint density at radius 1 is 1.35 bits per heavy atom. The van der Waals surface area contributed by atoms with Crippen LogP contribution in [-0.2, 0) is 11.3 Å². The first-order valence-electron chi connectivity index (χ1n) is 8.30. The number of carboxylic acid groups (broad SMARTS) is 1. The molecule has 1 saturated carbocycles. The van der Waals surface area contributed by atoms with Crippen LogP contribution in [0.15, 0.2) is 6.07 Å². The fourth-order valence-corrected chi connectivity index (χ4v) is 3.46. The van der Waals surface area contributed by atoms with E-state index in [-0.39, 0.29) is 24.5 Å². The number of carbonyl (C=O) groups is 2. The highest BCUT2D eigenvalue weighted by molar-refractivity contribution is 5.96. The summed E-state index contributed by atoms with van der Waals surface area (Å²) in [4.78, 5) is 25.2. The van der Waals surface area contributed by atoms with E-state index >= 15 is 0 Å². The molecule has 0 spiro atoms. The van der Waals surface area contributed by atoms with Gasteiger partial charge in [-0.1, -0.05) is 6.92 Å². The van der Waals surface area contributed by atoms with Crippen molar-refractivity contribution in [3.05, 3.63) is 23.0 Å². The summed E-state index contributed by atoms with van der Waals surface area (Å²) >= 11 is 0. The summed E-state index contributed by atoms with van der Waals surface area (Å²) in [6, 6.07) is 2.33. The SMILES string of the molecule is CCN(CC(=O)O)C1CC(NC(=O)c2cc(C)n(CC)c2C)C1. The number of hydrogen-bond donors (Lipinski definition) is 2. The number of nitrogens with one attached hydrogen (secondary N) is 1. The zero-order valence-electron chi connectivity index (χ0n) is 14.4. The highest BCUT2D eigenvalue weighted by atomic mass is 16.4. The highest BCUT2D eigenvalue weighted by Gasteiger charge is 2.35. The van der Waals surface area contributed by atoms with Gasteiger partial charge in [-0.3, -0.25) is 14.5 Å². The second kappa shape index (κ2) is 7.17. The van der Waals surface area contributed by atoms with Crippen LogP contribution in [0.1, 0.15) is 48.4 Å². The van der Waals surface area contributed by atoms with Gasteiger partial charge in [-0.25, -0.2) is 0 Å². The molecule has 0 atom stereocenters. The monoisotopic (exact) mass is 321 g/mol. The van der Waals surface area contributed by atoms with Gasteiger partial charge in [0.2, 0.25) is 0 Å². The van der Waals surface area contributed by atoms with Crippen molar-refractivity contribution in [1.82, 2.24) is 14.8 Å². The maximum atomic E-state index is 12.4. The molecule has 0 unspecified atom stereocenters. The summed E-state index contributed by atoms with van der Waals surface area (Å²) in [5, 5.41) is 12.0. The van der Waals surface area contributed by atoms with E-state index in [1.54, 1.807) is 0 Å². The second-order valence-electron chi connectivity index (χ2n) is 6.28. The molecule has 1 amide bonds. The van der Waals surface area contributed by atoms with E-state index in [9.17, 15) is 9.59 Å². The fraction of sp³-hybridized carbons (Fsp3) is 0.647. The molecular formula is C17H27N3O3. The van der Waals surface area contributed by atoms with E-state index in [0.29, 0.717) is 0 Å². The van der Waals surface area contributed by atoms with Crippen LogP contribution in [0.5, 0.6) is 0 Å². The second-order valence-corrected chi connectivity index (χ2v) is 6.28. The van der Waals surface area contributed by atoms with Gasteiger partial charge in [0, 0.05) is 30.0 Å². The number of aromatic nitrogens is 1. The fourth-order valence-electron chi connectivity index (χ4n) is 3.46. The number of aliphatic carboxylic acids is 1. The van der Waals surface area contributed by atoms with Crippen LogP contribution in [0.2, 0.25) is 0 Å². The number of carbonyl (C=O) groups excluding carboxylic acids is 1. The van der Waals surface area contributed by atoms with Gasteiger partial charge in [-0.05, 0) is 46.2 Å². The van der Waals surface area contributed by atoms with E-state index in [4.69, 9.17) is 5.11 Å². The lowest BCUT2D eigenvalue weighted by atomic mass is 9.85. The molecule has 0 aliphatic heterocycles. The summed E-state index contributed by atoms with van der Waals surface area (Å²) < 4.78 is 2.13. The van der Waals surface area contributed by atoms with E-state index in [1.165, 1.54) is 0 Å². The van der Waals surface area contributed by atoms with E-state index in [1.807, 2.05) is 31.7 Å². The molecule has 0 aromatic carbocycles. The van der Waals surface area contributed by atoms with Crippen LogP contribution in [0.25, 0.3) is 0 Å². The first-order chi connectivity index (χ1) is 10.9. The van der Waals surface area contributed by atoms with Gasteiger partial charge in [0.15, 0.2) is 0 Å². The lowest BCUT2D eigenvalue weighted by Gasteiger charge is -2.42. The minimum atomic E-state index is -0.800. The molecule has 1 aromatic rings. The maximum Gasteiger partial charge on any atom is 0.317 e. The van der Waals surface area contributed by atoms with Gasteiger partial charge in [-0.15, -0.1) is 0 Å². The Bertz CT molecular complexity index is 588. The Hall–Kier alpha value is -1.82. The van der Waals surface area contributed by atoms with Gasteiger partial charge in [0.05, 0.1) is 12.1 Å². The number of nitrogens with zero attached hydrogens (tertiary/aromatic N) is 2. The average molecular weight is 321 g/mol. The summed E-state index contributed by atoms with van der Waals surface area (Å²) in [6.45, 7) is 9.67. The summed E-state index contributed by atoms with van der Waals surface area (Å²) in [7, 11) is 0. The number of hydrogen-bond acceptors (Lipinski definition) is 3. The van der Waals surface area contributed by atoms with Crippen molar-refractivity contribution < 1.29 is 14.7 Å². The summed E-state index contributed by atoms with van der Waals surface area (Å²) in [6.07, 6.45) is 1.64. The Balaban J connectivity index is 1.90. The average Bonchev–Trinajstić information content (AvgIpc) is 2.74. The van der Waals surface area contributed by atoms with Gasteiger partial charge >= 0.3 is 5.97 Å². The third-order valence-corrected chi connectivity index (χ3v) is 4.84. The van der Waals surface area contributed by atoms with Crippen LogP contribution in [-0.4, -0.2) is 51.6 Å². The molecule has 1 aromatic heterocycles. The molecule has 1 fully saturated rings. The maximum absolute atomic E-state index is 12.4. The predicted molar refractivity (Wildman–Crippen MR) is 88.7 cm³/mol. The molecule has 0 radical (unpaired) electrons. The van der Waals surface area contributed by atoms with Gasteiger partial charge in [0.25, 0.3) is 5.91 Å². The molecule has 23 heavy (non-hydrogen) atoms. The molecule has 0 bridgehead atoms. The Morgan fingerprint density at radius 2 is 2.00 bits per heavy atom. The zero-order valence-corrected chi connectivity index (χ0v) is 14.4. The number of amides is 1. The third-order valence-electron chi connectivity index (χ3n) is 4.84. The number of rotatable bonds is 7. The minimum Gasteiger partial charge on any atom is -0.480 e. The molecule has 6 nitrogen and oxygen atoms in total. The molecule has 0 saturated heterocycles. The largest absolute Gasteiger partial charge is 0.480 e. The molecule has 1 aliphatic carbocycles. The summed E-state index contributed by atoms with van der Waals surface area (Å²) in [5.41, 5.74) is 2.84. The first kappa shape index (κ1) is 17.5. The van der Waals surface area contributed by atoms with Crippen molar-refractivity contribution in [2.24, 2.45) is 0 Å². The summed E-state index contributed by atoms with van der Waals surface area (Å²) in [5.74, 6) is -0.825. The van der Waals surface area contributed by atoms with Crippen molar-refractivity contribution in [2.75, 3.05) is 13.1 Å². The number of aryl methyl sites for hydroxylation is 1. The van der Waals surface area contributed by atoms with Crippen LogP contribution < -0.4 is 5.32 Å². The normalized spacial score (nSPS) is 20.4. The zero-order chi connectivity index (χ0) is 17.1. The van der Waals surface area contributed by atoms with Crippen LogP contribution in [0.4, 0.5) is 0 Å². The molecule has 2 rings (SSSR count). The molecule has 128 valence electrons. The Morgan fingerprint density at radius 3 is 2.48 bits per heavy atom. The highest BCUT2D eigenvalue weighted by Crippen LogP contribution is 2.26. The predicted octanol–water partition coefficient (Wildman–Crippen LogP) is 1.79. The lowest BCUT2D eigenvalue weighted by molar-refractivity contribution is -0.139. The Kier molecular flexibility index (Phi) is 5.46. The van der Waals surface area contributed by atoms with Crippen molar-refractivity contribution in [2.45, 2.75) is 59.2 Å². The van der Waals surface area contributed by atoms with E-state index in [0.717, 1.165) is 42.9 Å². The number of carboxylic acids is 1. The van der Waals surface area contributed by atoms with Crippen molar-refractivity contribution in [1.29, 1.82) is 0 Å². The van der Waals surface area contributed by atoms with Crippen LogP contribution in [0, 0.1) is 13.8 Å². The molecular weight excluding hydrogens is 294 g/mol. The molecule has 2 N–H and O–H groups in total. The van der Waals surface area contributed by atoms with Gasteiger partial charge < -0.3 is 15.0 Å². The minimum absolute atomic E-state index is 0.0254.